The topological polar surface area (TPSA) is 53.7 Å². The largest absolute Gasteiger partial charge is 0.496 e. The zero-order valence-electron chi connectivity index (χ0n) is 8.79. The highest BCUT2D eigenvalue weighted by Crippen LogP contribution is 2.38. The summed E-state index contributed by atoms with van der Waals surface area (Å²) >= 11 is 0. The van der Waals surface area contributed by atoms with E-state index in [4.69, 9.17) is 19.9 Å². The van der Waals surface area contributed by atoms with Crippen LogP contribution in [0.1, 0.15) is 12.0 Å². The highest BCUT2D eigenvalue weighted by Gasteiger charge is 2.17. The number of rotatable bonds is 2. The molecule has 0 saturated heterocycles. The maximum absolute atomic E-state index is 5.69. The zero-order valence-corrected chi connectivity index (χ0v) is 8.79. The molecular formula is C11H15NO3. The van der Waals surface area contributed by atoms with Crippen LogP contribution in [-0.4, -0.2) is 20.3 Å². The van der Waals surface area contributed by atoms with Crippen LogP contribution in [0.3, 0.4) is 0 Å². The molecule has 0 fully saturated rings. The van der Waals surface area contributed by atoms with Gasteiger partial charge in [0.15, 0.2) is 11.5 Å². The van der Waals surface area contributed by atoms with E-state index in [1.807, 2.05) is 12.1 Å². The van der Waals surface area contributed by atoms with E-state index in [0.717, 1.165) is 29.2 Å². The van der Waals surface area contributed by atoms with Crippen molar-refractivity contribution < 1.29 is 14.2 Å². The first-order valence-corrected chi connectivity index (χ1v) is 5.02. The summed E-state index contributed by atoms with van der Waals surface area (Å²) in [5.41, 5.74) is 6.56. The second-order valence-electron chi connectivity index (χ2n) is 3.33. The monoisotopic (exact) mass is 209 g/mol. The average Bonchev–Trinajstić information content (AvgIpc) is 2.52. The van der Waals surface area contributed by atoms with Gasteiger partial charge in [-0.15, -0.1) is 0 Å². The Hall–Kier alpha value is -1.42. The second kappa shape index (κ2) is 4.40. The van der Waals surface area contributed by atoms with Gasteiger partial charge in [0, 0.05) is 13.0 Å². The van der Waals surface area contributed by atoms with E-state index in [-0.39, 0.29) is 0 Å². The number of methoxy groups -OCH3 is 1. The Labute approximate surface area is 88.9 Å². The number of nitrogens with two attached hydrogens (primary N) is 1. The molecule has 4 heteroatoms. The van der Waals surface area contributed by atoms with E-state index in [1.54, 1.807) is 7.11 Å². The zero-order chi connectivity index (χ0) is 10.7. The Morgan fingerprint density at radius 3 is 2.87 bits per heavy atom. The molecule has 0 aliphatic carbocycles. The Kier molecular flexibility index (Phi) is 2.97. The minimum absolute atomic E-state index is 0.385. The molecule has 0 unspecified atom stereocenters. The highest BCUT2D eigenvalue weighted by molar-refractivity contribution is 5.54. The quantitative estimate of drug-likeness (QED) is 0.798. The minimum atomic E-state index is 0.385. The van der Waals surface area contributed by atoms with E-state index < -0.39 is 0 Å². The van der Waals surface area contributed by atoms with Gasteiger partial charge >= 0.3 is 0 Å². The fourth-order valence-electron chi connectivity index (χ4n) is 1.66. The number of hydrogen-bond donors (Lipinski definition) is 1. The minimum Gasteiger partial charge on any atom is -0.496 e. The fraction of sp³-hybridized carbons (Fsp3) is 0.455. The third-order valence-corrected chi connectivity index (χ3v) is 2.40. The van der Waals surface area contributed by atoms with Crippen LogP contribution in [-0.2, 0) is 6.54 Å². The number of ether oxygens (including phenoxy) is 3. The van der Waals surface area contributed by atoms with Gasteiger partial charge < -0.3 is 19.9 Å². The van der Waals surface area contributed by atoms with Gasteiger partial charge in [-0.25, -0.2) is 0 Å². The third kappa shape index (κ3) is 1.85. The van der Waals surface area contributed by atoms with Gasteiger partial charge in [0.1, 0.15) is 5.75 Å². The Bertz CT molecular complexity index is 352. The van der Waals surface area contributed by atoms with Crippen molar-refractivity contribution in [2.75, 3.05) is 20.3 Å². The van der Waals surface area contributed by atoms with Crippen molar-refractivity contribution in [2.24, 2.45) is 5.73 Å². The van der Waals surface area contributed by atoms with Crippen LogP contribution >= 0.6 is 0 Å². The second-order valence-corrected chi connectivity index (χ2v) is 3.33. The van der Waals surface area contributed by atoms with Crippen LogP contribution in [0.5, 0.6) is 17.2 Å². The van der Waals surface area contributed by atoms with Crippen LogP contribution in [0.25, 0.3) is 0 Å². The molecule has 2 rings (SSSR count). The van der Waals surface area contributed by atoms with Gasteiger partial charge in [-0.3, -0.25) is 0 Å². The van der Waals surface area contributed by atoms with Crippen LogP contribution in [0.2, 0.25) is 0 Å². The molecule has 2 N–H and O–H groups in total. The molecule has 1 aliphatic heterocycles. The average molecular weight is 209 g/mol. The Morgan fingerprint density at radius 2 is 2.13 bits per heavy atom. The lowest BCUT2D eigenvalue weighted by Gasteiger charge is -2.14. The molecule has 0 bridgehead atoms. The summed E-state index contributed by atoms with van der Waals surface area (Å²) in [5, 5.41) is 0. The van der Waals surface area contributed by atoms with E-state index >= 15 is 0 Å². The van der Waals surface area contributed by atoms with Crippen molar-refractivity contribution in [1.82, 2.24) is 0 Å². The van der Waals surface area contributed by atoms with E-state index in [0.29, 0.717) is 19.8 Å². The molecule has 1 aromatic carbocycles. The maximum Gasteiger partial charge on any atom is 0.169 e. The smallest absolute Gasteiger partial charge is 0.169 e. The molecule has 1 aromatic rings. The van der Waals surface area contributed by atoms with Gasteiger partial charge in [0.05, 0.1) is 25.9 Å². The molecule has 4 nitrogen and oxygen atoms in total. The Morgan fingerprint density at radius 1 is 1.33 bits per heavy atom. The molecule has 0 atom stereocenters. The summed E-state index contributed by atoms with van der Waals surface area (Å²) in [6.07, 6.45) is 0.890. The first kappa shape index (κ1) is 10.1. The summed E-state index contributed by atoms with van der Waals surface area (Å²) in [6.45, 7) is 1.73. The Balaban J connectivity index is 2.47. The van der Waals surface area contributed by atoms with Gasteiger partial charge in [0.25, 0.3) is 0 Å². The number of fused-ring (bicyclic) bond motifs is 1. The van der Waals surface area contributed by atoms with E-state index in [2.05, 4.69) is 0 Å². The summed E-state index contributed by atoms with van der Waals surface area (Å²) < 4.78 is 16.4. The predicted molar refractivity (Wildman–Crippen MR) is 56.5 cm³/mol. The highest BCUT2D eigenvalue weighted by atomic mass is 16.5. The van der Waals surface area contributed by atoms with E-state index in [9.17, 15) is 0 Å². The van der Waals surface area contributed by atoms with Crippen LogP contribution in [0, 0.1) is 0 Å². The first-order valence-electron chi connectivity index (χ1n) is 5.02. The summed E-state index contributed by atoms with van der Waals surface area (Å²) in [5.74, 6) is 2.24. The molecule has 0 saturated carbocycles. The van der Waals surface area contributed by atoms with Crippen molar-refractivity contribution in [3.05, 3.63) is 17.7 Å². The SMILES string of the molecule is COc1ccc2c(c1CN)OCCCO2. The first-order chi connectivity index (χ1) is 7.36. The summed E-state index contributed by atoms with van der Waals surface area (Å²) in [6, 6.07) is 3.72. The molecule has 1 heterocycles. The van der Waals surface area contributed by atoms with Gasteiger partial charge in [-0.2, -0.15) is 0 Å². The van der Waals surface area contributed by atoms with Crippen molar-refractivity contribution in [1.29, 1.82) is 0 Å². The molecule has 0 radical (unpaired) electrons. The predicted octanol–water partition coefficient (Wildman–Crippen LogP) is 1.32. The van der Waals surface area contributed by atoms with Gasteiger partial charge in [0.2, 0.25) is 0 Å². The summed E-state index contributed by atoms with van der Waals surface area (Å²) in [7, 11) is 1.62. The van der Waals surface area contributed by atoms with Crippen LogP contribution in [0.4, 0.5) is 0 Å². The number of hydrogen-bond acceptors (Lipinski definition) is 4. The standard InChI is InChI=1S/C11H15NO3/c1-13-9-3-4-10-11(8(9)7-12)15-6-2-5-14-10/h3-4H,2,5-7,12H2,1H3. The lowest BCUT2D eigenvalue weighted by molar-refractivity contribution is 0.295. The molecule has 82 valence electrons. The van der Waals surface area contributed by atoms with Crippen LogP contribution < -0.4 is 19.9 Å². The fourth-order valence-corrected chi connectivity index (χ4v) is 1.66. The van der Waals surface area contributed by atoms with Crippen molar-refractivity contribution in [3.63, 3.8) is 0 Å². The molecular weight excluding hydrogens is 194 g/mol. The molecule has 0 spiro atoms. The van der Waals surface area contributed by atoms with Gasteiger partial charge in [-0.05, 0) is 12.1 Å². The van der Waals surface area contributed by atoms with Crippen molar-refractivity contribution in [2.45, 2.75) is 13.0 Å². The van der Waals surface area contributed by atoms with Crippen LogP contribution in [0.15, 0.2) is 12.1 Å². The van der Waals surface area contributed by atoms with Crippen molar-refractivity contribution >= 4 is 0 Å². The molecule has 0 amide bonds. The summed E-state index contributed by atoms with van der Waals surface area (Å²) in [4.78, 5) is 0. The lowest BCUT2D eigenvalue weighted by Crippen LogP contribution is -2.04. The van der Waals surface area contributed by atoms with Crippen molar-refractivity contribution in [3.8, 4) is 17.2 Å². The third-order valence-electron chi connectivity index (χ3n) is 2.40. The van der Waals surface area contributed by atoms with E-state index in [1.165, 1.54) is 0 Å². The molecule has 15 heavy (non-hydrogen) atoms. The molecule has 1 aliphatic rings. The van der Waals surface area contributed by atoms with Gasteiger partial charge in [-0.1, -0.05) is 0 Å². The number of benzene rings is 1. The lowest BCUT2D eigenvalue weighted by atomic mass is 10.1. The maximum atomic E-state index is 5.69. The normalized spacial score (nSPS) is 14.5. The molecule has 0 aromatic heterocycles.